The van der Waals surface area contributed by atoms with Crippen LogP contribution in [0.1, 0.15) is 0 Å². The van der Waals surface area contributed by atoms with Crippen molar-refractivity contribution in [2.75, 3.05) is 9.80 Å². The molecule has 0 atom stereocenters. The summed E-state index contributed by atoms with van der Waals surface area (Å²) < 4.78 is 5.18. The summed E-state index contributed by atoms with van der Waals surface area (Å²) in [5, 5.41) is 5.16. The number of benzene rings is 7. The van der Waals surface area contributed by atoms with Crippen LogP contribution < -0.4 is 9.80 Å². The number of anilines is 6. The van der Waals surface area contributed by atoms with Gasteiger partial charge in [0.1, 0.15) is 0 Å². The average Bonchev–Trinajstić information content (AvgIpc) is 3.68. The molecular weight excluding hydrogens is 597 g/mol. The van der Waals surface area contributed by atoms with Gasteiger partial charge in [-0.1, -0.05) is 84.9 Å². The number of hydrogen-bond acceptors (Lipinski definition) is 4. The summed E-state index contributed by atoms with van der Waals surface area (Å²) in [7, 11) is 0. The molecule has 9 aromatic rings. The highest BCUT2D eigenvalue weighted by atomic mass is 32.1. The lowest BCUT2D eigenvalue weighted by Crippen LogP contribution is -2.10. The van der Waals surface area contributed by atoms with Crippen LogP contribution in [0.15, 0.2) is 170 Å². The number of nitrogens with zero attached hydrogens (tertiary/aromatic N) is 2. The lowest BCUT2D eigenvalue weighted by molar-refractivity contribution is 1.29. The van der Waals surface area contributed by atoms with E-state index in [9.17, 15) is 0 Å². The highest BCUT2D eigenvalue weighted by Gasteiger charge is 2.20. The molecule has 4 heteroatoms. The second kappa shape index (κ2) is 11.2. The minimum Gasteiger partial charge on any atom is -0.310 e. The minimum atomic E-state index is 1.14. The smallest absolute Gasteiger partial charge is 0.0554 e. The predicted molar refractivity (Wildman–Crippen MR) is 202 cm³/mol. The Morgan fingerprint density at radius 3 is 1.57 bits per heavy atom. The van der Waals surface area contributed by atoms with Crippen molar-refractivity contribution in [3.05, 3.63) is 170 Å². The van der Waals surface area contributed by atoms with Gasteiger partial charge in [-0.05, 0) is 84.9 Å². The Bertz CT molecular complexity index is 2440. The van der Waals surface area contributed by atoms with E-state index in [0.29, 0.717) is 0 Å². The number of rotatable bonds is 6. The van der Waals surface area contributed by atoms with Crippen LogP contribution in [0.3, 0.4) is 0 Å². The third-order valence-corrected chi connectivity index (χ3v) is 10.9. The zero-order chi connectivity index (χ0) is 30.5. The largest absolute Gasteiger partial charge is 0.310 e. The molecule has 0 saturated heterocycles. The summed E-state index contributed by atoms with van der Waals surface area (Å²) in [4.78, 5) is 4.75. The third kappa shape index (κ3) is 4.54. The van der Waals surface area contributed by atoms with Crippen LogP contribution in [0.5, 0.6) is 0 Å². The van der Waals surface area contributed by atoms with E-state index < -0.39 is 0 Å². The molecule has 0 amide bonds. The van der Waals surface area contributed by atoms with E-state index in [1.807, 2.05) is 22.7 Å². The first-order valence-electron chi connectivity index (χ1n) is 15.4. The fraction of sp³-hybridized carbons (Fsp3) is 0. The van der Waals surface area contributed by atoms with Crippen LogP contribution in [-0.2, 0) is 0 Å². The van der Waals surface area contributed by atoms with Gasteiger partial charge in [-0.2, -0.15) is 0 Å². The quantitative estimate of drug-likeness (QED) is 0.182. The molecule has 7 aromatic carbocycles. The van der Waals surface area contributed by atoms with E-state index in [2.05, 4.69) is 180 Å². The Labute approximate surface area is 275 Å². The molecule has 2 heterocycles. The van der Waals surface area contributed by atoms with Crippen molar-refractivity contribution < 1.29 is 0 Å². The molecule has 0 radical (unpaired) electrons. The van der Waals surface area contributed by atoms with E-state index in [-0.39, 0.29) is 0 Å². The van der Waals surface area contributed by atoms with Gasteiger partial charge in [0.25, 0.3) is 0 Å². The van der Waals surface area contributed by atoms with Crippen LogP contribution in [0.25, 0.3) is 40.3 Å². The molecule has 0 fully saturated rings. The van der Waals surface area contributed by atoms with Crippen molar-refractivity contribution in [1.29, 1.82) is 0 Å². The molecule has 0 unspecified atom stereocenters. The van der Waals surface area contributed by atoms with Gasteiger partial charge in [-0.3, -0.25) is 0 Å². The van der Waals surface area contributed by atoms with Crippen molar-refractivity contribution in [2.45, 2.75) is 0 Å². The number of thiophene rings is 2. The second-order valence-electron chi connectivity index (χ2n) is 11.4. The Balaban J connectivity index is 1.21. The topological polar surface area (TPSA) is 6.48 Å². The van der Waals surface area contributed by atoms with E-state index in [0.717, 1.165) is 28.4 Å². The molecule has 2 nitrogen and oxygen atoms in total. The van der Waals surface area contributed by atoms with Crippen molar-refractivity contribution >= 4 is 97.1 Å². The maximum atomic E-state index is 2.42. The van der Waals surface area contributed by atoms with Gasteiger partial charge in [-0.25, -0.2) is 0 Å². The minimum absolute atomic E-state index is 1.14. The lowest BCUT2D eigenvalue weighted by atomic mass is 10.1. The molecule has 0 aliphatic rings. The zero-order valence-electron chi connectivity index (χ0n) is 24.9. The monoisotopic (exact) mass is 624 g/mol. The van der Waals surface area contributed by atoms with Crippen LogP contribution >= 0.6 is 22.7 Å². The maximum absolute atomic E-state index is 2.42. The van der Waals surface area contributed by atoms with Gasteiger partial charge in [0.2, 0.25) is 0 Å². The van der Waals surface area contributed by atoms with Gasteiger partial charge in [0.05, 0.1) is 5.69 Å². The van der Waals surface area contributed by atoms with E-state index >= 15 is 0 Å². The molecule has 0 spiro atoms. The maximum Gasteiger partial charge on any atom is 0.0554 e. The van der Waals surface area contributed by atoms with Crippen molar-refractivity contribution in [2.24, 2.45) is 0 Å². The second-order valence-corrected chi connectivity index (χ2v) is 13.6. The first kappa shape index (κ1) is 26.9. The SMILES string of the molecule is c1ccc(N(c2ccccc2)c2ccc3sc4cc(N(c5ccccc5)c5cccc6sc7ccccc7c56)ccc4c3c2)cc1. The Morgan fingerprint density at radius 2 is 0.848 bits per heavy atom. The fourth-order valence-corrected chi connectivity index (χ4v) is 8.83. The van der Waals surface area contributed by atoms with E-state index in [1.165, 1.54) is 46.0 Å². The number of hydrogen-bond donors (Lipinski definition) is 0. The summed E-state index contributed by atoms with van der Waals surface area (Å²) in [6.45, 7) is 0. The van der Waals surface area contributed by atoms with Crippen molar-refractivity contribution in [3.8, 4) is 0 Å². The molecule has 0 bridgehead atoms. The molecule has 46 heavy (non-hydrogen) atoms. The van der Waals surface area contributed by atoms with Gasteiger partial charge in [0.15, 0.2) is 0 Å². The first-order valence-corrected chi connectivity index (χ1v) is 17.1. The molecule has 0 aliphatic carbocycles. The summed E-state index contributed by atoms with van der Waals surface area (Å²) in [6, 6.07) is 61.3. The highest BCUT2D eigenvalue weighted by molar-refractivity contribution is 7.26. The van der Waals surface area contributed by atoms with Crippen LogP contribution in [-0.4, -0.2) is 0 Å². The van der Waals surface area contributed by atoms with Gasteiger partial charge in [0, 0.05) is 68.8 Å². The lowest BCUT2D eigenvalue weighted by Gasteiger charge is -2.26. The van der Waals surface area contributed by atoms with Gasteiger partial charge >= 0.3 is 0 Å². The normalized spacial score (nSPS) is 11.5. The van der Waals surface area contributed by atoms with E-state index in [4.69, 9.17) is 0 Å². The molecule has 0 aliphatic heterocycles. The van der Waals surface area contributed by atoms with Crippen LogP contribution in [0.2, 0.25) is 0 Å². The first-order chi connectivity index (χ1) is 22.8. The van der Waals surface area contributed by atoms with Crippen molar-refractivity contribution in [1.82, 2.24) is 0 Å². The zero-order valence-corrected chi connectivity index (χ0v) is 26.5. The molecule has 2 aromatic heterocycles. The number of para-hydroxylation sites is 3. The van der Waals surface area contributed by atoms with E-state index in [1.54, 1.807) is 0 Å². The van der Waals surface area contributed by atoms with Gasteiger partial charge in [-0.15, -0.1) is 22.7 Å². The Morgan fingerprint density at radius 1 is 0.304 bits per heavy atom. The molecular formula is C42H28N2S2. The molecule has 9 rings (SSSR count). The Kier molecular flexibility index (Phi) is 6.55. The standard InChI is InChI=1S/C42H28N2S2/c1-4-13-29(14-5-1)43(30-15-6-2-7-16-30)32-24-26-39-36(27-32)34-25-23-33(28-41(34)46-39)44(31-17-8-3-9-18-31)37-20-12-22-40-42(37)35-19-10-11-21-38(35)45-40/h1-28H. The summed E-state index contributed by atoms with van der Waals surface area (Å²) >= 11 is 3.72. The van der Waals surface area contributed by atoms with Crippen LogP contribution in [0, 0.1) is 0 Å². The third-order valence-electron chi connectivity index (χ3n) is 8.62. The fourth-order valence-electron chi connectivity index (χ4n) is 6.58. The summed E-state index contributed by atoms with van der Waals surface area (Å²) in [5.74, 6) is 0. The highest BCUT2D eigenvalue weighted by Crippen LogP contribution is 2.47. The molecule has 0 saturated carbocycles. The van der Waals surface area contributed by atoms with Crippen LogP contribution in [0.4, 0.5) is 34.1 Å². The van der Waals surface area contributed by atoms with Gasteiger partial charge < -0.3 is 9.80 Å². The summed E-state index contributed by atoms with van der Waals surface area (Å²) in [6.07, 6.45) is 0. The average molecular weight is 625 g/mol. The summed E-state index contributed by atoms with van der Waals surface area (Å²) in [5.41, 5.74) is 6.94. The predicted octanol–water partition coefficient (Wildman–Crippen LogP) is 13.4. The molecule has 218 valence electrons. The number of fused-ring (bicyclic) bond motifs is 6. The van der Waals surface area contributed by atoms with Crippen molar-refractivity contribution in [3.63, 3.8) is 0 Å². The molecule has 0 N–H and O–H groups in total. The Hall–Kier alpha value is -5.42.